The zero-order chi connectivity index (χ0) is 21.4. The highest BCUT2D eigenvalue weighted by atomic mass is 16.3. The van der Waals surface area contributed by atoms with Crippen LogP contribution in [-0.4, -0.2) is 21.1 Å². The van der Waals surface area contributed by atoms with Crippen LogP contribution in [0.5, 0.6) is 17.2 Å². The summed E-state index contributed by atoms with van der Waals surface area (Å²) in [5.41, 5.74) is 3.17. The fraction of sp³-hybridized carbons (Fsp3) is 0.458. The molecular formula is C24H32O4. The maximum Gasteiger partial charge on any atom is 0.163 e. The Bertz CT molecular complexity index is 838. The van der Waals surface area contributed by atoms with E-state index >= 15 is 0 Å². The molecule has 28 heavy (non-hydrogen) atoms. The molecule has 4 nitrogen and oxygen atoms in total. The van der Waals surface area contributed by atoms with Gasteiger partial charge in [0.05, 0.1) is 0 Å². The number of phenolic OH excluding ortho intramolecular Hbond substituents is 3. The van der Waals surface area contributed by atoms with Gasteiger partial charge in [0, 0.05) is 12.0 Å². The summed E-state index contributed by atoms with van der Waals surface area (Å²) in [7, 11) is 0. The molecule has 2 rings (SSSR count). The first-order chi connectivity index (χ1) is 12.7. The summed E-state index contributed by atoms with van der Waals surface area (Å²) in [6.07, 6.45) is 0.813. The third-order valence-corrected chi connectivity index (χ3v) is 5.03. The second-order valence-electron chi connectivity index (χ2n) is 9.62. The molecule has 0 unspecified atom stereocenters. The Hall–Kier alpha value is -2.49. The number of phenols is 3. The van der Waals surface area contributed by atoms with Crippen molar-refractivity contribution in [3.63, 3.8) is 0 Å². The molecule has 0 aliphatic carbocycles. The summed E-state index contributed by atoms with van der Waals surface area (Å²) in [6, 6.07) is 6.87. The molecule has 2 aromatic carbocycles. The van der Waals surface area contributed by atoms with Crippen LogP contribution in [0.4, 0.5) is 0 Å². The molecule has 4 heteroatoms. The summed E-state index contributed by atoms with van der Waals surface area (Å²) in [4.78, 5) is 12.6. The molecule has 3 N–H and O–H groups in total. The third kappa shape index (κ3) is 4.67. The van der Waals surface area contributed by atoms with Crippen molar-refractivity contribution in [2.75, 3.05) is 0 Å². The molecule has 0 aliphatic rings. The molecule has 0 fully saturated rings. The number of benzene rings is 2. The van der Waals surface area contributed by atoms with Gasteiger partial charge in [0.25, 0.3) is 0 Å². The van der Waals surface area contributed by atoms with Crippen molar-refractivity contribution in [3.05, 3.63) is 52.1 Å². The lowest BCUT2D eigenvalue weighted by atomic mass is 9.78. The first-order valence-corrected chi connectivity index (χ1v) is 9.64. The number of rotatable bonds is 4. The van der Waals surface area contributed by atoms with Crippen molar-refractivity contribution in [1.82, 2.24) is 0 Å². The van der Waals surface area contributed by atoms with Gasteiger partial charge in [0.2, 0.25) is 0 Å². The van der Waals surface area contributed by atoms with E-state index in [1.165, 1.54) is 6.07 Å². The van der Waals surface area contributed by atoms with E-state index < -0.39 is 0 Å². The van der Waals surface area contributed by atoms with Crippen LogP contribution in [0.3, 0.4) is 0 Å². The molecule has 0 spiro atoms. The van der Waals surface area contributed by atoms with Crippen LogP contribution >= 0.6 is 0 Å². The van der Waals surface area contributed by atoms with Crippen LogP contribution in [0.25, 0.3) is 0 Å². The minimum atomic E-state index is -0.280. The minimum Gasteiger partial charge on any atom is -0.507 e. The summed E-state index contributed by atoms with van der Waals surface area (Å²) >= 11 is 0. The van der Waals surface area contributed by atoms with Crippen molar-refractivity contribution in [1.29, 1.82) is 0 Å². The Balaban J connectivity index is 2.35. The van der Waals surface area contributed by atoms with Gasteiger partial charge in [-0.25, -0.2) is 0 Å². The SMILES string of the molecule is Cc1cc(C(=O)CCc2cc(C(C)(C)C)c(O)c(C(C)(C)C)c2)cc(O)c1O. The summed E-state index contributed by atoms with van der Waals surface area (Å²) in [5.74, 6) is -0.243. The van der Waals surface area contributed by atoms with E-state index in [0.717, 1.165) is 16.7 Å². The predicted octanol–water partition coefficient (Wildman–Crippen LogP) is 5.52. The fourth-order valence-electron chi connectivity index (χ4n) is 3.31. The normalized spacial score (nSPS) is 12.2. The lowest BCUT2D eigenvalue weighted by Gasteiger charge is -2.28. The van der Waals surface area contributed by atoms with Gasteiger partial charge in [-0.3, -0.25) is 4.79 Å². The summed E-state index contributed by atoms with van der Waals surface area (Å²) < 4.78 is 0. The summed E-state index contributed by atoms with van der Waals surface area (Å²) in [6.45, 7) is 14.0. The van der Waals surface area contributed by atoms with E-state index in [1.807, 2.05) is 12.1 Å². The molecule has 2 aromatic rings. The minimum absolute atomic E-state index is 0.0962. The van der Waals surface area contributed by atoms with Gasteiger partial charge in [-0.05, 0) is 58.6 Å². The van der Waals surface area contributed by atoms with Crippen LogP contribution in [0, 0.1) is 6.92 Å². The van der Waals surface area contributed by atoms with Gasteiger partial charge in [-0.1, -0.05) is 53.7 Å². The fourth-order valence-corrected chi connectivity index (χ4v) is 3.31. The number of carbonyl (C=O) groups is 1. The predicted molar refractivity (Wildman–Crippen MR) is 113 cm³/mol. The highest BCUT2D eigenvalue weighted by molar-refractivity contribution is 5.97. The van der Waals surface area contributed by atoms with Crippen molar-refractivity contribution in [3.8, 4) is 17.2 Å². The largest absolute Gasteiger partial charge is 0.507 e. The summed E-state index contributed by atoms with van der Waals surface area (Å²) in [5, 5.41) is 30.3. The van der Waals surface area contributed by atoms with Gasteiger partial charge in [-0.2, -0.15) is 0 Å². The Labute approximate surface area is 167 Å². The average Bonchev–Trinajstić information content (AvgIpc) is 2.55. The van der Waals surface area contributed by atoms with Gasteiger partial charge in [-0.15, -0.1) is 0 Å². The van der Waals surface area contributed by atoms with Gasteiger partial charge in [0.15, 0.2) is 17.3 Å². The van der Waals surface area contributed by atoms with Crippen molar-refractivity contribution in [2.45, 2.75) is 72.1 Å². The van der Waals surface area contributed by atoms with E-state index in [1.54, 1.807) is 13.0 Å². The molecule has 0 heterocycles. The number of aromatic hydroxyl groups is 3. The maximum atomic E-state index is 12.6. The van der Waals surface area contributed by atoms with Gasteiger partial charge < -0.3 is 15.3 Å². The number of hydrogen-bond donors (Lipinski definition) is 3. The Morgan fingerprint density at radius 1 is 0.821 bits per heavy atom. The van der Waals surface area contributed by atoms with Crippen molar-refractivity contribution in [2.24, 2.45) is 0 Å². The highest BCUT2D eigenvalue weighted by Crippen LogP contribution is 2.40. The van der Waals surface area contributed by atoms with Crippen molar-refractivity contribution >= 4 is 5.78 Å². The number of Topliss-reactive ketones (excluding diaryl/α,β-unsaturated/α-hetero) is 1. The topological polar surface area (TPSA) is 77.8 Å². The van der Waals surface area contributed by atoms with E-state index in [-0.39, 0.29) is 34.5 Å². The molecule has 0 amide bonds. The molecule has 0 saturated heterocycles. The second kappa shape index (κ2) is 7.50. The molecule has 0 saturated carbocycles. The first-order valence-electron chi connectivity index (χ1n) is 9.64. The molecule has 0 bridgehead atoms. The third-order valence-electron chi connectivity index (χ3n) is 5.03. The standard InChI is InChI=1S/C24H32O4/c1-14-10-16(13-20(26)21(14)27)19(25)9-8-15-11-17(23(2,3)4)22(28)18(12-15)24(5,6)7/h10-13,26-28H,8-9H2,1-7H3. The van der Waals surface area contributed by atoms with Gasteiger partial charge >= 0.3 is 0 Å². The zero-order valence-electron chi connectivity index (χ0n) is 18.0. The highest BCUT2D eigenvalue weighted by Gasteiger charge is 2.26. The van der Waals surface area contributed by atoms with Gasteiger partial charge in [0.1, 0.15) is 5.75 Å². The monoisotopic (exact) mass is 384 g/mol. The van der Waals surface area contributed by atoms with Crippen molar-refractivity contribution < 1.29 is 20.1 Å². The van der Waals surface area contributed by atoms with E-state index in [9.17, 15) is 20.1 Å². The molecule has 0 radical (unpaired) electrons. The number of aryl methyl sites for hydroxylation is 2. The smallest absolute Gasteiger partial charge is 0.163 e. The first kappa shape index (κ1) is 21.8. The van der Waals surface area contributed by atoms with E-state index in [0.29, 0.717) is 23.3 Å². The number of carbonyl (C=O) groups excluding carboxylic acids is 1. The van der Waals surface area contributed by atoms with E-state index in [2.05, 4.69) is 41.5 Å². The van der Waals surface area contributed by atoms with Crippen LogP contribution in [-0.2, 0) is 17.3 Å². The molecule has 152 valence electrons. The Morgan fingerprint density at radius 2 is 1.32 bits per heavy atom. The lowest BCUT2D eigenvalue weighted by Crippen LogP contribution is -2.18. The average molecular weight is 385 g/mol. The second-order valence-corrected chi connectivity index (χ2v) is 9.62. The zero-order valence-corrected chi connectivity index (χ0v) is 18.0. The molecule has 0 atom stereocenters. The van der Waals surface area contributed by atoms with Crippen LogP contribution in [0.1, 0.15) is 80.6 Å². The molecule has 0 aromatic heterocycles. The Kier molecular flexibility index (Phi) is 5.84. The maximum absolute atomic E-state index is 12.6. The van der Waals surface area contributed by atoms with Crippen LogP contribution in [0.15, 0.2) is 24.3 Å². The van der Waals surface area contributed by atoms with E-state index in [4.69, 9.17) is 0 Å². The molecular weight excluding hydrogens is 352 g/mol. The lowest BCUT2D eigenvalue weighted by molar-refractivity contribution is 0.0982. The quantitative estimate of drug-likeness (QED) is 0.479. The number of ketones is 1. The Morgan fingerprint density at radius 3 is 1.75 bits per heavy atom. The number of hydrogen-bond acceptors (Lipinski definition) is 4. The van der Waals surface area contributed by atoms with Crippen LogP contribution in [0.2, 0.25) is 0 Å². The van der Waals surface area contributed by atoms with Crippen LogP contribution < -0.4 is 0 Å². The molecule has 0 aliphatic heterocycles.